The van der Waals surface area contributed by atoms with Crippen molar-refractivity contribution < 1.29 is 75.4 Å². The van der Waals surface area contributed by atoms with E-state index in [0.29, 0.717) is 6.61 Å². The summed E-state index contributed by atoms with van der Waals surface area (Å²) in [5, 5.41) is 8.64. The van der Waals surface area contributed by atoms with Crippen LogP contribution in [0.2, 0.25) is 0 Å². The van der Waals surface area contributed by atoms with Crippen molar-refractivity contribution in [2.45, 2.75) is 96.8 Å². The quantitative estimate of drug-likeness (QED) is 0.243. The van der Waals surface area contributed by atoms with Crippen LogP contribution in [0.1, 0.15) is 98.2 Å². The second kappa shape index (κ2) is 23.5. The van der Waals surface area contributed by atoms with Crippen LogP contribution in [0.3, 0.4) is 0 Å². The van der Waals surface area contributed by atoms with E-state index in [0.717, 1.165) is 6.42 Å². The van der Waals surface area contributed by atoms with Gasteiger partial charge in [0, 0.05) is 6.61 Å². The number of hydrogen-bond acceptors (Lipinski definition) is 3. The van der Waals surface area contributed by atoms with E-state index in [2.05, 4.69) is 6.92 Å². The molecule has 0 unspecified atom stereocenters. The molecule has 0 saturated heterocycles. The number of aliphatic hydroxyl groups is 1. The molecule has 0 aliphatic rings. The maximum absolute atomic E-state index is 8.74. The Morgan fingerprint density at radius 2 is 0.870 bits per heavy atom. The number of aliphatic hydroxyl groups excluding tert-OH is 1. The topological polar surface area (TPSA) is 94.8 Å². The molecule has 0 aromatic rings. The molecule has 3 N–H and O–H groups in total. The number of hydrogen-bond donors (Lipinski definition) is 3. The summed E-state index contributed by atoms with van der Waals surface area (Å²) >= 11 is 0. The second-order valence-corrected chi connectivity index (χ2v) is 6.66. The Balaban J connectivity index is -0.000000250. The predicted molar refractivity (Wildman–Crippen MR) is 92.7 cm³/mol. The van der Waals surface area contributed by atoms with Crippen molar-refractivity contribution in [3.05, 3.63) is 0 Å². The van der Waals surface area contributed by atoms with E-state index >= 15 is 0 Å². The van der Waals surface area contributed by atoms with E-state index < -0.39 is 10.4 Å². The van der Waals surface area contributed by atoms with E-state index in [1.165, 1.54) is 83.5 Å². The van der Waals surface area contributed by atoms with Crippen molar-refractivity contribution in [3.63, 3.8) is 0 Å². The van der Waals surface area contributed by atoms with Gasteiger partial charge in [-0.05, 0) is 6.42 Å². The van der Waals surface area contributed by atoms with Crippen LogP contribution < -0.4 is 51.4 Å². The van der Waals surface area contributed by atoms with Gasteiger partial charge in [0.1, 0.15) is 0 Å². The molecule has 0 heterocycles. The van der Waals surface area contributed by atoms with Crippen molar-refractivity contribution in [3.8, 4) is 0 Å². The minimum absolute atomic E-state index is 0. The first kappa shape index (κ1) is 29.2. The van der Waals surface area contributed by atoms with Crippen LogP contribution in [0.15, 0.2) is 0 Å². The third-order valence-corrected chi connectivity index (χ3v) is 3.51. The summed E-state index contributed by atoms with van der Waals surface area (Å²) in [6.07, 6.45) is 19.2. The molecule has 0 aromatic carbocycles. The van der Waals surface area contributed by atoms with Crippen LogP contribution in [0.4, 0.5) is 0 Å². The third kappa shape index (κ3) is 45.2. The molecule has 0 atom stereocenters. The van der Waals surface area contributed by atoms with E-state index in [1.807, 2.05) is 0 Å². The summed E-state index contributed by atoms with van der Waals surface area (Å²) < 4.78 is 31.6. The van der Waals surface area contributed by atoms with Crippen LogP contribution in [0, 0.1) is 0 Å². The average Bonchev–Trinajstić information content (AvgIpc) is 2.42. The summed E-state index contributed by atoms with van der Waals surface area (Å²) in [6.45, 7) is 2.65. The smallest absolute Gasteiger partial charge is 1.00 e. The molecule has 0 aliphatic heterocycles. The molecule has 5 nitrogen and oxygen atoms in total. The van der Waals surface area contributed by atoms with Gasteiger partial charge in [-0.1, -0.05) is 90.4 Å². The third-order valence-electron chi connectivity index (χ3n) is 3.51. The van der Waals surface area contributed by atoms with E-state index in [9.17, 15) is 0 Å². The molecule has 138 valence electrons. The molecule has 0 spiro atoms. The maximum atomic E-state index is 8.74. The van der Waals surface area contributed by atoms with Gasteiger partial charge >= 0.3 is 61.8 Å². The molecule has 0 fully saturated rings. The SMILES string of the molecule is CCCCCCCCCCCCCCCCO.O=S(=O)(O)O.[H-].[K+]. The normalized spacial score (nSPS) is 10.6. The van der Waals surface area contributed by atoms with Crippen molar-refractivity contribution in [2.24, 2.45) is 0 Å². The summed E-state index contributed by atoms with van der Waals surface area (Å²) in [6, 6.07) is 0. The minimum Gasteiger partial charge on any atom is -1.00 e. The summed E-state index contributed by atoms with van der Waals surface area (Å²) in [5.41, 5.74) is 0. The van der Waals surface area contributed by atoms with Gasteiger partial charge in [0.25, 0.3) is 0 Å². The average molecular weight is 381 g/mol. The zero-order valence-corrected chi connectivity index (χ0v) is 19.1. The Kier molecular flexibility index (Phi) is 29.8. The Morgan fingerprint density at radius 1 is 0.652 bits per heavy atom. The summed E-state index contributed by atoms with van der Waals surface area (Å²) in [7, 11) is -4.67. The zero-order chi connectivity index (χ0) is 17.1. The molecule has 0 aliphatic carbocycles. The molecular weight excluding hydrogens is 343 g/mol. The maximum Gasteiger partial charge on any atom is 1.00 e. The van der Waals surface area contributed by atoms with Gasteiger partial charge in [-0.15, -0.1) is 0 Å². The minimum atomic E-state index is -4.67. The van der Waals surface area contributed by atoms with Crippen molar-refractivity contribution in [2.75, 3.05) is 6.61 Å². The Labute approximate surface area is 187 Å². The number of unbranched alkanes of at least 4 members (excludes halogenated alkanes) is 13. The second-order valence-electron chi connectivity index (χ2n) is 5.77. The van der Waals surface area contributed by atoms with Crippen LogP contribution >= 0.6 is 0 Å². The number of rotatable bonds is 14. The van der Waals surface area contributed by atoms with Gasteiger partial charge < -0.3 is 6.53 Å². The zero-order valence-electron chi connectivity index (χ0n) is 16.2. The van der Waals surface area contributed by atoms with Gasteiger partial charge in [0.2, 0.25) is 0 Å². The Morgan fingerprint density at radius 3 is 1.09 bits per heavy atom. The van der Waals surface area contributed by atoms with Crippen LogP contribution in [-0.4, -0.2) is 29.2 Å². The molecule has 0 saturated carbocycles. The van der Waals surface area contributed by atoms with Gasteiger partial charge in [-0.25, -0.2) is 0 Å². The largest absolute Gasteiger partial charge is 1.00 e. The fourth-order valence-corrected chi connectivity index (χ4v) is 2.31. The molecule has 0 rings (SSSR count). The van der Waals surface area contributed by atoms with E-state index in [1.54, 1.807) is 0 Å². The molecule has 0 amide bonds. The van der Waals surface area contributed by atoms with Crippen molar-refractivity contribution >= 4 is 10.4 Å². The van der Waals surface area contributed by atoms with Crippen molar-refractivity contribution in [1.82, 2.24) is 0 Å². The summed E-state index contributed by atoms with van der Waals surface area (Å²) in [5.74, 6) is 0. The van der Waals surface area contributed by atoms with E-state index in [-0.39, 0.29) is 52.8 Å². The van der Waals surface area contributed by atoms with Gasteiger partial charge in [0.15, 0.2) is 0 Å². The van der Waals surface area contributed by atoms with Crippen LogP contribution in [0.25, 0.3) is 0 Å². The molecule has 0 radical (unpaired) electrons. The van der Waals surface area contributed by atoms with Crippen molar-refractivity contribution in [1.29, 1.82) is 0 Å². The van der Waals surface area contributed by atoms with Gasteiger partial charge in [-0.3, -0.25) is 9.11 Å². The first-order valence-electron chi connectivity index (χ1n) is 8.72. The first-order chi connectivity index (χ1) is 10.4. The molecule has 0 aromatic heterocycles. The summed E-state index contributed by atoms with van der Waals surface area (Å²) in [4.78, 5) is 0. The first-order valence-corrected chi connectivity index (χ1v) is 10.1. The van der Waals surface area contributed by atoms with E-state index in [4.69, 9.17) is 22.6 Å². The fourth-order valence-electron chi connectivity index (χ4n) is 2.31. The molecule has 7 heteroatoms. The fraction of sp³-hybridized carbons (Fsp3) is 1.00. The standard InChI is InChI=1S/C16H34O.K.H2O4S.H/c1-2-3-4-5-6-7-8-9-10-11-12-13-14-15-16-17;;1-5(2,3)4;/h17H,2-16H2,1H3;;(H2,1,2,3,4);/q;+1;;-1. The molecular formula is C16H37KO5S. The van der Waals surface area contributed by atoms with Gasteiger partial charge in [0.05, 0.1) is 0 Å². The predicted octanol–water partition coefficient (Wildman–Crippen LogP) is 1.92. The molecule has 23 heavy (non-hydrogen) atoms. The van der Waals surface area contributed by atoms with Gasteiger partial charge in [-0.2, -0.15) is 8.42 Å². The Hall–Kier alpha value is 1.47. The monoisotopic (exact) mass is 380 g/mol. The molecule has 0 bridgehead atoms. The van der Waals surface area contributed by atoms with Crippen LogP contribution in [-0.2, 0) is 10.4 Å². The Bertz CT molecular complexity index is 281. The van der Waals surface area contributed by atoms with Crippen LogP contribution in [0.5, 0.6) is 0 Å².